The van der Waals surface area contributed by atoms with Crippen LogP contribution in [0.15, 0.2) is 47.4 Å². The highest BCUT2D eigenvalue weighted by molar-refractivity contribution is 7.94. The number of benzene rings is 2. The van der Waals surface area contributed by atoms with E-state index in [1.807, 2.05) is 0 Å². The van der Waals surface area contributed by atoms with Gasteiger partial charge < -0.3 is 0 Å². The van der Waals surface area contributed by atoms with Crippen LogP contribution in [-0.2, 0) is 31.4 Å². The average Bonchev–Trinajstić information content (AvgIpc) is 2.88. The molecule has 0 unspecified atom stereocenters. The van der Waals surface area contributed by atoms with E-state index in [9.17, 15) is 21.6 Å². The predicted octanol–water partition coefficient (Wildman–Crippen LogP) is 2.19. The van der Waals surface area contributed by atoms with Gasteiger partial charge in [0.25, 0.3) is 0 Å². The van der Waals surface area contributed by atoms with Crippen LogP contribution >= 0.6 is 11.6 Å². The van der Waals surface area contributed by atoms with E-state index in [1.54, 1.807) is 31.2 Å². The molecule has 1 aliphatic heterocycles. The van der Waals surface area contributed by atoms with Gasteiger partial charge in [-0.3, -0.25) is 4.79 Å². The minimum Gasteiger partial charge on any atom is -0.273 e. The number of carbonyl (C=O) groups excluding carboxylic acids is 1. The first-order chi connectivity index (χ1) is 12.6. The summed E-state index contributed by atoms with van der Waals surface area (Å²) in [5.41, 5.74) is 1.18. The van der Waals surface area contributed by atoms with Gasteiger partial charge in [-0.1, -0.05) is 29.8 Å². The zero-order valence-electron chi connectivity index (χ0n) is 14.3. The normalized spacial score (nSPS) is 16.7. The number of rotatable bonds is 5. The van der Waals surface area contributed by atoms with Crippen LogP contribution < -0.4 is 9.03 Å². The van der Waals surface area contributed by atoms with Gasteiger partial charge in [-0.15, -0.1) is 0 Å². The Labute approximate surface area is 163 Å². The van der Waals surface area contributed by atoms with Crippen LogP contribution in [0.25, 0.3) is 0 Å². The van der Waals surface area contributed by atoms with Crippen molar-refractivity contribution < 1.29 is 21.6 Å². The van der Waals surface area contributed by atoms with Gasteiger partial charge in [0, 0.05) is 18.0 Å². The third-order valence-electron chi connectivity index (χ3n) is 4.15. The quantitative estimate of drug-likeness (QED) is 0.786. The highest BCUT2D eigenvalue weighted by Gasteiger charge is 2.36. The maximum absolute atomic E-state index is 12.7. The maximum Gasteiger partial charge on any atom is 0.242 e. The Morgan fingerprint density at radius 1 is 1.15 bits per heavy atom. The monoisotopic (exact) mass is 428 g/mol. The van der Waals surface area contributed by atoms with Gasteiger partial charge in [0.1, 0.15) is 0 Å². The largest absolute Gasteiger partial charge is 0.273 e. The molecule has 0 bridgehead atoms. The van der Waals surface area contributed by atoms with E-state index in [2.05, 4.69) is 4.72 Å². The van der Waals surface area contributed by atoms with Gasteiger partial charge in [0.2, 0.25) is 26.0 Å². The van der Waals surface area contributed by atoms with Crippen LogP contribution in [0.3, 0.4) is 0 Å². The second-order valence-corrected chi connectivity index (χ2v) is 10.2. The number of anilines is 1. The molecular weight excluding hydrogens is 412 g/mol. The van der Waals surface area contributed by atoms with E-state index in [1.165, 1.54) is 18.2 Å². The summed E-state index contributed by atoms with van der Waals surface area (Å²) in [6.45, 7) is 1.64. The van der Waals surface area contributed by atoms with Gasteiger partial charge in [0.05, 0.1) is 16.3 Å². The topological polar surface area (TPSA) is 101 Å². The van der Waals surface area contributed by atoms with Crippen molar-refractivity contribution in [1.29, 1.82) is 0 Å². The fraction of sp³-hybridized carbons (Fsp3) is 0.235. The van der Waals surface area contributed by atoms with Gasteiger partial charge in [-0.05, 0) is 42.3 Å². The number of hydrogen-bond acceptors (Lipinski definition) is 5. The SMILES string of the molecule is Cc1ccc(N2C(=O)CCS2(=O)=O)cc1S(=O)(=O)NCc1ccc(Cl)cc1. The molecule has 1 amide bonds. The molecule has 1 N–H and O–H groups in total. The van der Waals surface area contributed by atoms with Crippen molar-refractivity contribution in [3.05, 3.63) is 58.6 Å². The molecule has 0 spiro atoms. The highest BCUT2D eigenvalue weighted by Crippen LogP contribution is 2.29. The van der Waals surface area contributed by atoms with Gasteiger partial charge in [0.15, 0.2) is 0 Å². The Hall–Kier alpha value is -1.94. The Balaban J connectivity index is 1.91. The summed E-state index contributed by atoms with van der Waals surface area (Å²) in [5, 5.41) is 0.543. The molecule has 0 radical (unpaired) electrons. The first kappa shape index (κ1) is 19.8. The second-order valence-electron chi connectivity index (χ2n) is 6.12. The number of nitrogens with zero attached hydrogens (tertiary/aromatic N) is 1. The number of sulfonamides is 2. The van der Waals surface area contributed by atoms with E-state index in [0.29, 0.717) is 20.5 Å². The molecule has 1 aliphatic rings. The summed E-state index contributed by atoms with van der Waals surface area (Å²) in [7, 11) is -7.69. The molecule has 0 atom stereocenters. The van der Waals surface area contributed by atoms with E-state index in [0.717, 1.165) is 0 Å². The molecule has 1 heterocycles. The molecule has 144 valence electrons. The van der Waals surface area contributed by atoms with Crippen molar-refractivity contribution in [2.45, 2.75) is 24.8 Å². The fourth-order valence-electron chi connectivity index (χ4n) is 2.73. The van der Waals surface area contributed by atoms with Gasteiger partial charge in [-0.25, -0.2) is 25.9 Å². The molecule has 10 heteroatoms. The van der Waals surface area contributed by atoms with E-state index in [4.69, 9.17) is 11.6 Å². The number of amides is 1. The van der Waals surface area contributed by atoms with Gasteiger partial charge in [-0.2, -0.15) is 0 Å². The standard InChI is InChI=1S/C17H17ClN2O5S2/c1-12-2-7-15(20-17(21)8-9-26(20,22)23)10-16(12)27(24,25)19-11-13-3-5-14(18)6-4-13/h2-7,10,19H,8-9,11H2,1H3. The number of aryl methyl sites for hydroxylation is 1. The third kappa shape index (κ3) is 4.16. The van der Waals surface area contributed by atoms with Crippen LogP contribution in [0, 0.1) is 6.92 Å². The Bertz CT molecular complexity index is 1100. The Morgan fingerprint density at radius 3 is 2.41 bits per heavy atom. The van der Waals surface area contributed by atoms with Crippen molar-refractivity contribution >= 4 is 43.2 Å². The van der Waals surface area contributed by atoms with Crippen LogP contribution in [0.2, 0.25) is 5.02 Å². The number of carbonyl (C=O) groups is 1. The molecular formula is C17H17ClN2O5S2. The number of nitrogens with one attached hydrogen (secondary N) is 1. The zero-order chi connectivity index (χ0) is 19.8. The summed E-state index contributed by atoms with van der Waals surface area (Å²) < 4.78 is 52.7. The summed E-state index contributed by atoms with van der Waals surface area (Å²) in [4.78, 5) is 11.9. The molecule has 2 aromatic carbocycles. The van der Waals surface area contributed by atoms with Crippen LogP contribution in [0.1, 0.15) is 17.5 Å². The minimum atomic E-state index is -3.92. The van der Waals surface area contributed by atoms with Crippen LogP contribution in [0.4, 0.5) is 5.69 Å². The lowest BCUT2D eigenvalue weighted by Crippen LogP contribution is -2.30. The van der Waals surface area contributed by atoms with Crippen molar-refractivity contribution in [2.24, 2.45) is 0 Å². The first-order valence-corrected chi connectivity index (χ1v) is 11.5. The summed E-state index contributed by atoms with van der Waals surface area (Å²) >= 11 is 5.81. The predicted molar refractivity (Wildman–Crippen MR) is 103 cm³/mol. The smallest absolute Gasteiger partial charge is 0.242 e. The molecule has 27 heavy (non-hydrogen) atoms. The lowest BCUT2D eigenvalue weighted by atomic mass is 10.2. The molecule has 0 saturated carbocycles. The van der Waals surface area contributed by atoms with Crippen molar-refractivity contribution in [3.8, 4) is 0 Å². The first-order valence-electron chi connectivity index (χ1n) is 8.01. The number of hydrogen-bond donors (Lipinski definition) is 1. The van der Waals surface area contributed by atoms with E-state index < -0.39 is 26.0 Å². The molecule has 2 aromatic rings. The molecule has 3 rings (SSSR count). The molecule has 1 saturated heterocycles. The third-order valence-corrected chi connectivity index (χ3v) is 7.64. The van der Waals surface area contributed by atoms with Gasteiger partial charge >= 0.3 is 0 Å². The lowest BCUT2D eigenvalue weighted by Gasteiger charge is -2.17. The summed E-state index contributed by atoms with van der Waals surface area (Å²) in [5.74, 6) is -0.854. The van der Waals surface area contributed by atoms with E-state index >= 15 is 0 Å². The zero-order valence-corrected chi connectivity index (χ0v) is 16.7. The Kier molecular flexibility index (Phi) is 5.31. The van der Waals surface area contributed by atoms with Crippen molar-refractivity contribution in [1.82, 2.24) is 4.72 Å². The molecule has 0 aromatic heterocycles. The molecule has 0 aliphatic carbocycles. The van der Waals surface area contributed by atoms with Crippen LogP contribution in [-0.4, -0.2) is 28.5 Å². The van der Waals surface area contributed by atoms with Crippen molar-refractivity contribution in [2.75, 3.05) is 10.1 Å². The van der Waals surface area contributed by atoms with E-state index in [-0.39, 0.29) is 29.3 Å². The number of halogens is 1. The maximum atomic E-state index is 12.7. The fourth-order valence-corrected chi connectivity index (χ4v) is 5.59. The highest BCUT2D eigenvalue weighted by atomic mass is 35.5. The summed E-state index contributed by atoms with van der Waals surface area (Å²) in [6, 6.07) is 10.8. The lowest BCUT2D eigenvalue weighted by molar-refractivity contribution is -0.116. The second kappa shape index (κ2) is 7.23. The molecule has 1 fully saturated rings. The average molecular weight is 429 g/mol. The Morgan fingerprint density at radius 2 is 1.81 bits per heavy atom. The summed E-state index contributed by atoms with van der Waals surface area (Å²) in [6.07, 6.45) is -0.118. The minimum absolute atomic E-state index is 0.0231. The van der Waals surface area contributed by atoms with Crippen molar-refractivity contribution in [3.63, 3.8) is 0 Å². The molecule has 7 nitrogen and oxygen atoms in total. The van der Waals surface area contributed by atoms with Crippen LogP contribution in [0.5, 0.6) is 0 Å².